The number of carbonyl (C=O) groups excluding carboxylic acids is 2. The van der Waals surface area contributed by atoms with Crippen LogP contribution in [0.15, 0.2) is 30.3 Å². The lowest BCUT2D eigenvalue weighted by Crippen LogP contribution is -2.48. The van der Waals surface area contributed by atoms with E-state index < -0.39 is 12.2 Å². The third-order valence-corrected chi connectivity index (χ3v) is 2.98. The molecule has 2 rings (SSSR count). The summed E-state index contributed by atoms with van der Waals surface area (Å²) in [7, 11) is 0. The first-order chi connectivity index (χ1) is 9.16. The summed E-state index contributed by atoms with van der Waals surface area (Å²) in [5.41, 5.74) is 0.937. The molecule has 1 amide bonds. The maximum absolute atomic E-state index is 11.9. The van der Waals surface area contributed by atoms with Crippen molar-refractivity contribution in [3.05, 3.63) is 35.9 Å². The Kier molecular flexibility index (Phi) is 4.52. The third kappa shape index (κ3) is 3.79. The number of hydrogen-bond donors (Lipinski definition) is 0. The van der Waals surface area contributed by atoms with Crippen molar-refractivity contribution in [2.24, 2.45) is 0 Å². The molecule has 0 unspecified atom stereocenters. The van der Waals surface area contributed by atoms with Crippen LogP contribution in [0.1, 0.15) is 12.5 Å². The van der Waals surface area contributed by atoms with Gasteiger partial charge in [-0.3, -0.25) is 4.79 Å². The number of benzene rings is 1. The van der Waals surface area contributed by atoms with Gasteiger partial charge in [0.05, 0.1) is 13.2 Å². The number of rotatable bonds is 3. The van der Waals surface area contributed by atoms with Crippen LogP contribution < -0.4 is 0 Å². The molecule has 102 valence electrons. The summed E-state index contributed by atoms with van der Waals surface area (Å²) in [5, 5.41) is 0. The Hall–Kier alpha value is -1.88. The molecule has 1 atom stereocenters. The molecule has 1 aromatic carbocycles. The topological polar surface area (TPSA) is 55.8 Å². The summed E-state index contributed by atoms with van der Waals surface area (Å²) in [5.74, 6) is -0.0689. The standard InChI is InChI=1S/C14H17NO4/c1-11(16)13-9-15(7-8-18-13)14(17)19-10-12-5-3-2-4-6-12/h2-6,13H,7-10H2,1H3/t13-/m1/s1. The van der Waals surface area contributed by atoms with Gasteiger partial charge < -0.3 is 14.4 Å². The lowest BCUT2D eigenvalue weighted by molar-refractivity contribution is -0.133. The first-order valence-corrected chi connectivity index (χ1v) is 6.24. The second kappa shape index (κ2) is 6.33. The van der Waals surface area contributed by atoms with Crippen LogP contribution in [0.3, 0.4) is 0 Å². The van der Waals surface area contributed by atoms with Gasteiger partial charge in [0, 0.05) is 6.54 Å². The van der Waals surface area contributed by atoms with Gasteiger partial charge in [-0.25, -0.2) is 4.79 Å². The van der Waals surface area contributed by atoms with Gasteiger partial charge in [0.15, 0.2) is 5.78 Å². The molecule has 19 heavy (non-hydrogen) atoms. The molecular formula is C14H17NO4. The van der Waals surface area contributed by atoms with Crippen LogP contribution in [0.4, 0.5) is 4.79 Å². The molecule has 1 aliphatic rings. The van der Waals surface area contributed by atoms with Gasteiger partial charge in [0.25, 0.3) is 0 Å². The molecule has 0 saturated carbocycles. The van der Waals surface area contributed by atoms with E-state index in [2.05, 4.69) is 0 Å². The van der Waals surface area contributed by atoms with Gasteiger partial charge in [0.1, 0.15) is 12.7 Å². The predicted molar refractivity (Wildman–Crippen MR) is 68.6 cm³/mol. The molecule has 0 spiro atoms. The minimum Gasteiger partial charge on any atom is -0.445 e. The van der Waals surface area contributed by atoms with Crippen LogP contribution in [0, 0.1) is 0 Å². The average Bonchev–Trinajstić information content (AvgIpc) is 2.46. The Morgan fingerprint density at radius 2 is 2.11 bits per heavy atom. The minimum atomic E-state index is -0.530. The maximum Gasteiger partial charge on any atom is 0.410 e. The molecule has 1 saturated heterocycles. The number of hydrogen-bond acceptors (Lipinski definition) is 4. The summed E-state index contributed by atoms with van der Waals surface area (Å²) in [6.07, 6.45) is -0.934. The zero-order chi connectivity index (χ0) is 13.7. The third-order valence-electron chi connectivity index (χ3n) is 2.98. The van der Waals surface area contributed by atoms with E-state index in [0.29, 0.717) is 13.2 Å². The molecular weight excluding hydrogens is 246 g/mol. The second-order valence-corrected chi connectivity index (χ2v) is 4.46. The van der Waals surface area contributed by atoms with Crippen LogP contribution in [-0.2, 0) is 20.9 Å². The molecule has 0 N–H and O–H groups in total. The molecule has 5 nitrogen and oxygen atoms in total. The summed E-state index contributed by atoms with van der Waals surface area (Å²) < 4.78 is 10.5. The van der Waals surface area contributed by atoms with E-state index in [-0.39, 0.29) is 18.9 Å². The summed E-state index contributed by atoms with van der Waals surface area (Å²) >= 11 is 0. The minimum absolute atomic E-state index is 0.0689. The highest BCUT2D eigenvalue weighted by molar-refractivity contribution is 5.81. The molecule has 1 fully saturated rings. The molecule has 0 radical (unpaired) electrons. The number of Topliss-reactive ketones (excluding diaryl/α,β-unsaturated/α-hetero) is 1. The monoisotopic (exact) mass is 263 g/mol. The van der Waals surface area contributed by atoms with E-state index >= 15 is 0 Å². The SMILES string of the molecule is CC(=O)[C@H]1CN(C(=O)OCc2ccccc2)CCO1. The fourth-order valence-corrected chi connectivity index (χ4v) is 1.87. The van der Waals surface area contributed by atoms with Crippen LogP contribution in [0.2, 0.25) is 0 Å². The van der Waals surface area contributed by atoms with Crippen LogP contribution in [-0.4, -0.2) is 42.6 Å². The summed E-state index contributed by atoms with van der Waals surface area (Å²) in [6.45, 7) is 2.79. The molecule has 0 bridgehead atoms. The van der Waals surface area contributed by atoms with Crippen molar-refractivity contribution in [1.29, 1.82) is 0 Å². The Bertz CT molecular complexity index is 446. The highest BCUT2D eigenvalue weighted by Crippen LogP contribution is 2.09. The van der Waals surface area contributed by atoms with Crippen molar-refractivity contribution in [1.82, 2.24) is 4.90 Å². The molecule has 1 aliphatic heterocycles. The van der Waals surface area contributed by atoms with E-state index in [1.807, 2.05) is 30.3 Å². The van der Waals surface area contributed by atoms with E-state index in [1.165, 1.54) is 11.8 Å². The van der Waals surface area contributed by atoms with Gasteiger partial charge >= 0.3 is 6.09 Å². The number of morpholine rings is 1. The molecule has 1 aromatic rings. The highest BCUT2D eigenvalue weighted by atomic mass is 16.6. The van der Waals surface area contributed by atoms with Crippen molar-refractivity contribution >= 4 is 11.9 Å². The second-order valence-electron chi connectivity index (χ2n) is 4.46. The number of amides is 1. The van der Waals surface area contributed by atoms with Gasteiger partial charge in [-0.05, 0) is 12.5 Å². The first kappa shape index (κ1) is 13.5. The van der Waals surface area contributed by atoms with Crippen LogP contribution in [0.25, 0.3) is 0 Å². The van der Waals surface area contributed by atoms with Crippen molar-refractivity contribution in [2.75, 3.05) is 19.7 Å². The lowest BCUT2D eigenvalue weighted by Gasteiger charge is -2.30. The van der Waals surface area contributed by atoms with Crippen LogP contribution in [0.5, 0.6) is 0 Å². The van der Waals surface area contributed by atoms with Crippen molar-refractivity contribution in [3.63, 3.8) is 0 Å². The Morgan fingerprint density at radius 3 is 2.79 bits per heavy atom. The Morgan fingerprint density at radius 1 is 1.37 bits per heavy atom. The van der Waals surface area contributed by atoms with Crippen molar-refractivity contribution < 1.29 is 19.1 Å². The fourth-order valence-electron chi connectivity index (χ4n) is 1.87. The Balaban J connectivity index is 1.84. The molecule has 0 aliphatic carbocycles. The molecule has 1 heterocycles. The zero-order valence-electron chi connectivity index (χ0n) is 10.9. The maximum atomic E-state index is 11.9. The molecule has 0 aromatic heterocycles. The quantitative estimate of drug-likeness (QED) is 0.831. The Labute approximate surface area is 112 Å². The van der Waals surface area contributed by atoms with E-state index in [4.69, 9.17) is 9.47 Å². The predicted octanol–water partition coefficient (Wildman–Crippen LogP) is 1.61. The smallest absolute Gasteiger partial charge is 0.410 e. The van der Waals surface area contributed by atoms with Gasteiger partial charge in [0.2, 0.25) is 0 Å². The van der Waals surface area contributed by atoms with Crippen molar-refractivity contribution in [3.8, 4) is 0 Å². The van der Waals surface area contributed by atoms with E-state index in [9.17, 15) is 9.59 Å². The van der Waals surface area contributed by atoms with Gasteiger partial charge in [-0.15, -0.1) is 0 Å². The number of ketones is 1. The van der Waals surface area contributed by atoms with Gasteiger partial charge in [-0.1, -0.05) is 30.3 Å². The first-order valence-electron chi connectivity index (χ1n) is 6.24. The van der Waals surface area contributed by atoms with Crippen molar-refractivity contribution in [2.45, 2.75) is 19.6 Å². The normalized spacial score (nSPS) is 19.0. The number of nitrogens with zero attached hydrogens (tertiary/aromatic N) is 1. The van der Waals surface area contributed by atoms with Gasteiger partial charge in [-0.2, -0.15) is 0 Å². The fraction of sp³-hybridized carbons (Fsp3) is 0.429. The highest BCUT2D eigenvalue weighted by Gasteiger charge is 2.27. The average molecular weight is 263 g/mol. The number of carbonyl (C=O) groups is 2. The summed E-state index contributed by atoms with van der Waals surface area (Å²) in [4.78, 5) is 24.6. The zero-order valence-corrected chi connectivity index (χ0v) is 10.9. The van der Waals surface area contributed by atoms with E-state index in [0.717, 1.165) is 5.56 Å². The summed E-state index contributed by atoms with van der Waals surface area (Å²) in [6, 6.07) is 9.48. The van der Waals surface area contributed by atoms with Crippen LogP contribution >= 0.6 is 0 Å². The van der Waals surface area contributed by atoms with E-state index in [1.54, 1.807) is 0 Å². The largest absolute Gasteiger partial charge is 0.445 e. The number of ether oxygens (including phenoxy) is 2. The molecule has 5 heteroatoms. The lowest BCUT2D eigenvalue weighted by atomic mass is 10.2.